The van der Waals surface area contributed by atoms with Gasteiger partial charge in [0.2, 0.25) is 0 Å². The van der Waals surface area contributed by atoms with E-state index in [0.29, 0.717) is 15.4 Å². The van der Waals surface area contributed by atoms with Gasteiger partial charge in [0.05, 0.1) is 12.3 Å². The van der Waals surface area contributed by atoms with E-state index < -0.39 is 5.97 Å². The smallest absolute Gasteiger partial charge is 0.343 e. The van der Waals surface area contributed by atoms with Gasteiger partial charge in [0, 0.05) is 20.6 Å². The Bertz CT molecular complexity index is 514. The number of rotatable bonds is 7. The van der Waals surface area contributed by atoms with Gasteiger partial charge in [-0.25, -0.2) is 4.79 Å². The second-order valence-electron chi connectivity index (χ2n) is 4.60. The first kappa shape index (κ1) is 17.3. The summed E-state index contributed by atoms with van der Waals surface area (Å²) in [6, 6.07) is 0. The molecule has 0 aliphatic carbocycles. The molecule has 0 saturated heterocycles. The predicted molar refractivity (Wildman–Crippen MR) is 86.3 cm³/mol. The fraction of sp³-hybridized carbons (Fsp3) is 0.571. The Kier molecular flexibility index (Phi) is 6.48. The SMILES string of the molecule is CCCCN(C)c1sc(C(=O)NC)c(N)c1C(=O)OCC. The zero-order valence-corrected chi connectivity index (χ0v) is 13.8. The second kappa shape index (κ2) is 7.87. The van der Waals surface area contributed by atoms with Gasteiger partial charge in [0.15, 0.2) is 0 Å². The predicted octanol–water partition coefficient (Wildman–Crippen LogP) is 2.10. The molecule has 21 heavy (non-hydrogen) atoms. The van der Waals surface area contributed by atoms with E-state index in [2.05, 4.69) is 12.2 Å². The van der Waals surface area contributed by atoms with Crippen LogP contribution in [0.3, 0.4) is 0 Å². The van der Waals surface area contributed by atoms with Crippen LogP contribution in [0.15, 0.2) is 0 Å². The number of thiophene rings is 1. The lowest BCUT2D eigenvalue weighted by Crippen LogP contribution is -2.20. The third kappa shape index (κ3) is 3.87. The monoisotopic (exact) mass is 313 g/mol. The van der Waals surface area contributed by atoms with Crippen LogP contribution < -0.4 is 16.0 Å². The lowest BCUT2D eigenvalue weighted by atomic mass is 10.2. The number of anilines is 2. The normalized spacial score (nSPS) is 10.3. The number of unbranched alkanes of at least 4 members (excludes halogenated alkanes) is 1. The number of amides is 1. The average Bonchev–Trinajstić information content (AvgIpc) is 2.81. The zero-order valence-electron chi connectivity index (χ0n) is 13.0. The van der Waals surface area contributed by atoms with E-state index in [4.69, 9.17) is 10.5 Å². The third-order valence-corrected chi connectivity index (χ3v) is 4.35. The highest BCUT2D eigenvalue weighted by Crippen LogP contribution is 2.38. The molecule has 0 bridgehead atoms. The molecule has 0 radical (unpaired) electrons. The molecule has 1 aromatic heterocycles. The highest BCUT2D eigenvalue weighted by Gasteiger charge is 2.27. The second-order valence-corrected chi connectivity index (χ2v) is 5.60. The number of esters is 1. The summed E-state index contributed by atoms with van der Waals surface area (Å²) in [5, 5.41) is 3.22. The molecule has 1 rings (SSSR count). The van der Waals surface area contributed by atoms with Crippen molar-refractivity contribution in [3.63, 3.8) is 0 Å². The maximum absolute atomic E-state index is 12.1. The molecular formula is C14H23N3O3S. The standard InChI is InChI=1S/C14H23N3O3S/c1-5-7-8-17(4)13-9(14(19)20-6-2)10(15)11(21-13)12(18)16-3/h5-8,15H2,1-4H3,(H,16,18). The minimum Gasteiger partial charge on any atom is -0.462 e. The molecule has 1 aromatic rings. The largest absolute Gasteiger partial charge is 0.462 e. The number of carbonyl (C=O) groups excluding carboxylic acids is 2. The number of nitrogen functional groups attached to an aromatic ring is 1. The van der Waals surface area contributed by atoms with Crippen molar-refractivity contribution in [2.45, 2.75) is 26.7 Å². The third-order valence-electron chi connectivity index (χ3n) is 3.03. The van der Waals surface area contributed by atoms with E-state index in [-0.39, 0.29) is 18.2 Å². The van der Waals surface area contributed by atoms with Crippen molar-refractivity contribution in [1.29, 1.82) is 0 Å². The summed E-state index contributed by atoms with van der Waals surface area (Å²) >= 11 is 1.22. The molecule has 1 amide bonds. The van der Waals surface area contributed by atoms with Gasteiger partial charge in [-0.3, -0.25) is 4.79 Å². The first-order valence-electron chi connectivity index (χ1n) is 7.00. The topological polar surface area (TPSA) is 84.7 Å². The summed E-state index contributed by atoms with van der Waals surface area (Å²) in [6.07, 6.45) is 2.04. The number of hydrogen-bond acceptors (Lipinski definition) is 6. The van der Waals surface area contributed by atoms with Crippen LogP contribution in [-0.2, 0) is 4.74 Å². The van der Waals surface area contributed by atoms with Crippen LogP contribution in [0.25, 0.3) is 0 Å². The van der Waals surface area contributed by atoms with Crippen LogP contribution in [0, 0.1) is 0 Å². The molecule has 0 spiro atoms. The molecule has 0 aliphatic heterocycles. The van der Waals surface area contributed by atoms with E-state index in [1.54, 1.807) is 6.92 Å². The molecule has 0 saturated carbocycles. The fourth-order valence-corrected chi connectivity index (χ4v) is 3.02. The van der Waals surface area contributed by atoms with Gasteiger partial charge in [-0.15, -0.1) is 11.3 Å². The maximum Gasteiger partial charge on any atom is 0.343 e. The van der Waals surface area contributed by atoms with Gasteiger partial charge >= 0.3 is 5.97 Å². The zero-order chi connectivity index (χ0) is 16.0. The van der Waals surface area contributed by atoms with E-state index in [1.807, 2.05) is 11.9 Å². The summed E-state index contributed by atoms with van der Waals surface area (Å²) in [4.78, 5) is 26.3. The summed E-state index contributed by atoms with van der Waals surface area (Å²) in [5.41, 5.74) is 6.48. The quantitative estimate of drug-likeness (QED) is 0.753. The van der Waals surface area contributed by atoms with E-state index >= 15 is 0 Å². The van der Waals surface area contributed by atoms with Crippen molar-refractivity contribution in [3.8, 4) is 0 Å². The highest BCUT2D eigenvalue weighted by molar-refractivity contribution is 7.19. The maximum atomic E-state index is 12.1. The van der Waals surface area contributed by atoms with E-state index in [0.717, 1.165) is 19.4 Å². The summed E-state index contributed by atoms with van der Waals surface area (Å²) in [7, 11) is 3.42. The number of hydrogen-bond donors (Lipinski definition) is 2. The van der Waals surface area contributed by atoms with Crippen molar-refractivity contribution < 1.29 is 14.3 Å². The Balaban J connectivity index is 3.25. The van der Waals surface area contributed by atoms with Crippen molar-refractivity contribution >= 4 is 33.9 Å². The molecule has 1 heterocycles. The number of carbonyl (C=O) groups is 2. The Morgan fingerprint density at radius 1 is 1.38 bits per heavy atom. The Hall–Kier alpha value is -1.76. The molecule has 3 N–H and O–H groups in total. The summed E-state index contributed by atoms with van der Waals surface area (Å²) in [6.45, 7) is 4.89. The van der Waals surface area contributed by atoms with Crippen molar-refractivity contribution in [2.75, 3.05) is 37.9 Å². The Morgan fingerprint density at radius 3 is 2.57 bits per heavy atom. The minimum absolute atomic E-state index is 0.191. The van der Waals surface area contributed by atoms with Crippen LogP contribution in [0.1, 0.15) is 46.7 Å². The molecule has 0 fully saturated rings. The summed E-state index contributed by atoms with van der Waals surface area (Å²) in [5.74, 6) is -0.780. The number of nitrogens with zero attached hydrogens (tertiary/aromatic N) is 1. The van der Waals surface area contributed by atoms with Crippen molar-refractivity contribution in [3.05, 3.63) is 10.4 Å². The van der Waals surface area contributed by atoms with E-state index in [1.165, 1.54) is 18.4 Å². The van der Waals surface area contributed by atoms with Crippen LogP contribution in [0.2, 0.25) is 0 Å². The molecular weight excluding hydrogens is 290 g/mol. The van der Waals surface area contributed by atoms with Gasteiger partial charge < -0.3 is 20.7 Å². The van der Waals surface area contributed by atoms with Crippen LogP contribution in [0.5, 0.6) is 0 Å². The fourth-order valence-electron chi connectivity index (χ4n) is 1.88. The Labute approximate surface area is 129 Å². The van der Waals surface area contributed by atoms with Gasteiger partial charge in [0.1, 0.15) is 15.4 Å². The van der Waals surface area contributed by atoms with Crippen molar-refractivity contribution in [1.82, 2.24) is 5.32 Å². The van der Waals surface area contributed by atoms with Crippen LogP contribution in [0.4, 0.5) is 10.7 Å². The van der Waals surface area contributed by atoms with Gasteiger partial charge in [-0.2, -0.15) is 0 Å². The molecule has 0 aromatic carbocycles. The first-order valence-corrected chi connectivity index (χ1v) is 7.82. The van der Waals surface area contributed by atoms with Gasteiger partial charge in [-0.05, 0) is 13.3 Å². The number of ether oxygens (including phenoxy) is 1. The first-order chi connectivity index (χ1) is 9.97. The highest BCUT2D eigenvalue weighted by atomic mass is 32.1. The number of nitrogens with one attached hydrogen (secondary N) is 1. The molecule has 0 aliphatic rings. The van der Waals surface area contributed by atoms with Crippen molar-refractivity contribution in [2.24, 2.45) is 0 Å². The lowest BCUT2D eigenvalue weighted by Gasteiger charge is -2.18. The van der Waals surface area contributed by atoms with Gasteiger partial charge in [0.25, 0.3) is 5.91 Å². The summed E-state index contributed by atoms with van der Waals surface area (Å²) < 4.78 is 5.06. The minimum atomic E-state index is -0.486. The Morgan fingerprint density at radius 2 is 2.05 bits per heavy atom. The van der Waals surface area contributed by atoms with E-state index in [9.17, 15) is 9.59 Å². The van der Waals surface area contributed by atoms with Gasteiger partial charge in [-0.1, -0.05) is 13.3 Å². The molecule has 118 valence electrons. The van der Waals surface area contributed by atoms with Crippen LogP contribution in [-0.4, -0.2) is 39.1 Å². The molecule has 0 atom stereocenters. The molecule has 0 unspecified atom stereocenters. The lowest BCUT2D eigenvalue weighted by molar-refractivity contribution is 0.0529. The molecule has 7 heteroatoms. The van der Waals surface area contributed by atoms with Crippen LogP contribution >= 0.6 is 11.3 Å². The average molecular weight is 313 g/mol. The molecule has 6 nitrogen and oxygen atoms in total. The number of nitrogens with two attached hydrogens (primary N) is 1.